The van der Waals surface area contributed by atoms with Crippen molar-refractivity contribution in [1.29, 1.82) is 0 Å². The Morgan fingerprint density at radius 3 is 2.71 bits per heavy atom. The van der Waals surface area contributed by atoms with E-state index >= 15 is 0 Å². The largest absolute Gasteiger partial charge is 0.382 e. The molecule has 0 aromatic carbocycles. The number of rotatable bonds is 1. The van der Waals surface area contributed by atoms with E-state index in [9.17, 15) is 0 Å². The Kier molecular flexibility index (Phi) is 2.48. The molecule has 14 heavy (non-hydrogen) atoms. The highest BCUT2D eigenvalue weighted by atomic mass is 15.3. The maximum atomic E-state index is 5.70. The molecule has 0 amide bonds. The van der Waals surface area contributed by atoms with Crippen LogP contribution >= 0.6 is 0 Å². The Labute approximate surface area is 85.3 Å². The Morgan fingerprint density at radius 1 is 1.43 bits per heavy atom. The third kappa shape index (κ3) is 1.63. The van der Waals surface area contributed by atoms with Gasteiger partial charge in [-0.1, -0.05) is 19.8 Å². The minimum atomic E-state index is 0.570. The number of aryl methyl sites for hydroxylation is 1. The topological polar surface area (TPSA) is 43.8 Å². The molecule has 1 heterocycles. The van der Waals surface area contributed by atoms with Crippen LogP contribution in [-0.2, 0) is 0 Å². The summed E-state index contributed by atoms with van der Waals surface area (Å²) < 4.78 is 2.12. The zero-order chi connectivity index (χ0) is 10.1. The molecule has 0 bridgehead atoms. The summed E-state index contributed by atoms with van der Waals surface area (Å²) in [6.07, 6.45) is 5.27. The van der Waals surface area contributed by atoms with Crippen molar-refractivity contribution in [3.8, 4) is 0 Å². The molecular formula is C11H19N3. The fourth-order valence-electron chi connectivity index (χ4n) is 2.51. The Balaban J connectivity index is 2.24. The summed E-state index contributed by atoms with van der Waals surface area (Å²) in [5.41, 5.74) is 6.90. The average molecular weight is 193 g/mol. The molecular weight excluding hydrogens is 174 g/mol. The maximum absolute atomic E-state index is 5.70. The van der Waals surface area contributed by atoms with E-state index in [2.05, 4.69) is 23.6 Å². The van der Waals surface area contributed by atoms with Crippen LogP contribution in [0, 0.1) is 12.8 Å². The van der Waals surface area contributed by atoms with Gasteiger partial charge in [-0.3, -0.25) is 4.68 Å². The second-order valence-corrected chi connectivity index (χ2v) is 4.48. The van der Waals surface area contributed by atoms with E-state index in [0.717, 1.165) is 5.92 Å². The number of nitrogens with zero attached hydrogens (tertiary/aromatic N) is 2. The molecule has 3 nitrogen and oxygen atoms in total. The highest BCUT2D eigenvalue weighted by molar-refractivity contribution is 5.29. The van der Waals surface area contributed by atoms with Gasteiger partial charge in [0.05, 0.1) is 6.04 Å². The zero-order valence-electron chi connectivity index (χ0n) is 9.03. The van der Waals surface area contributed by atoms with Crippen molar-refractivity contribution >= 4 is 5.82 Å². The van der Waals surface area contributed by atoms with E-state index in [0.29, 0.717) is 11.9 Å². The lowest BCUT2D eigenvalue weighted by molar-refractivity contribution is 0.237. The first-order valence-corrected chi connectivity index (χ1v) is 5.50. The lowest BCUT2D eigenvalue weighted by Crippen LogP contribution is -2.23. The molecule has 1 saturated carbocycles. The van der Waals surface area contributed by atoms with Gasteiger partial charge in [-0.2, -0.15) is 5.10 Å². The normalized spacial score (nSPS) is 27.9. The number of nitrogen functional groups attached to an aromatic ring is 1. The molecule has 0 radical (unpaired) electrons. The van der Waals surface area contributed by atoms with E-state index < -0.39 is 0 Å². The van der Waals surface area contributed by atoms with Gasteiger partial charge in [0, 0.05) is 11.8 Å². The molecule has 0 aliphatic heterocycles. The van der Waals surface area contributed by atoms with Crippen LogP contribution in [-0.4, -0.2) is 9.78 Å². The minimum absolute atomic E-state index is 0.570. The summed E-state index contributed by atoms with van der Waals surface area (Å²) in [4.78, 5) is 0. The molecule has 1 aliphatic carbocycles. The van der Waals surface area contributed by atoms with Crippen LogP contribution in [0.2, 0.25) is 0 Å². The van der Waals surface area contributed by atoms with Gasteiger partial charge in [0.1, 0.15) is 5.82 Å². The molecule has 1 aromatic heterocycles. The van der Waals surface area contributed by atoms with E-state index in [1.807, 2.05) is 6.07 Å². The standard InChI is InChI=1S/C11H19N3/c1-8-5-3-4-6-10(8)14-9(2)7-11(12)13-14/h7-8,10H,3-6H2,1-2H3,(H2,12,13). The van der Waals surface area contributed by atoms with Crippen molar-refractivity contribution < 1.29 is 0 Å². The van der Waals surface area contributed by atoms with E-state index in [-0.39, 0.29) is 0 Å². The molecule has 2 rings (SSSR count). The summed E-state index contributed by atoms with van der Waals surface area (Å²) in [5.74, 6) is 1.39. The SMILES string of the molecule is Cc1cc(N)nn1C1CCCCC1C. The molecule has 2 atom stereocenters. The zero-order valence-corrected chi connectivity index (χ0v) is 9.03. The molecule has 1 fully saturated rings. The van der Waals surface area contributed by atoms with Crippen molar-refractivity contribution in [1.82, 2.24) is 9.78 Å². The Bertz CT molecular complexity index is 316. The van der Waals surface area contributed by atoms with Crippen molar-refractivity contribution in [2.45, 2.75) is 45.6 Å². The van der Waals surface area contributed by atoms with Crippen LogP contribution < -0.4 is 5.73 Å². The highest BCUT2D eigenvalue weighted by Crippen LogP contribution is 2.34. The molecule has 3 heteroatoms. The molecule has 1 aliphatic rings. The van der Waals surface area contributed by atoms with Gasteiger partial charge >= 0.3 is 0 Å². The van der Waals surface area contributed by atoms with Gasteiger partial charge in [0.2, 0.25) is 0 Å². The molecule has 78 valence electrons. The second kappa shape index (κ2) is 3.64. The first-order valence-electron chi connectivity index (χ1n) is 5.50. The quantitative estimate of drug-likeness (QED) is 0.744. The van der Waals surface area contributed by atoms with Gasteiger partial charge in [0.25, 0.3) is 0 Å². The van der Waals surface area contributed by atoms with Crippen LogP contribution in [0.1, 0.15) is 44.3 Å². The van der Waals surface area contributed by atoms with Crippen molar-refractivity contribution in [2.75, 3.05) is 5.73 Å². The van der Waals surface area contributed by atoms with Crippen LogP contribution in [0.5, 0.6) is 0 Å². The van der Waals surface area contributed by atoms with Gasteiger partial charge in [-0.25, -0.2) is 0 Å². The number of nitrogens with two attached hydrogens (primary N) is 1. The van der Waals surface area contributed by atoms with E-state index in [1.54, 1.807) is 0 Å². The van der Waals surface area contributed by atoms with Gasteiger partial charge in [-0.05, 0) is 25.7 Å². The number of aromatic nitrogens is 2. The fourth-order valence-corrected chi connectivity index (χ4v) is 2.51. The lowest BCUT2D eigenvalue weighted by Gasteiger charge is -2.29. The summed E-state index contributed by atoms with van der Waals surface area (Å²) in [6, 6.07) is 2.53. The fraction of sp³-hybridized carbons (Fsp3) is 0.727. The monoisotopic (exact) mass is 193 g/mol. The first kappa shape index (κ1) is 9.56. The molecule has 0 saturated heterocycles. The third-order valence-electron chi connectivity index (χ3n) is 3.32. The van der Waals surface area contributed by atoms with Crippen molar-refractivity contribution in [3.63, 3.8) is 0 Å². The number of anilines is 1. The van der Waals surface area contributed by atoms with Crippen molar-refractivity contribution in [2.24, 2.45) is 5.92 Å². The molecule has 2 N–H and O–H groups in total. The summed E-state index contributed by atoms with van der Waals surface area (Å²) in [7, 11) is 0. The number of hydrogen-bond acceptors (Lipinski definition) is 2. The predicted octanol–water partition coefficient (Wildman–Crippen LogP) is 2.52. The summed E-state index contributed by atoms with van der Waals surface area (Å²) in [5, 5.41) is 4.38. The van der Waals surface area contributed by atoms with Gasteiger partial charge in [0.15, 0.2) is 0 Å². The Hall–Kier alpha value is -0.990. The Morgan fingerprint density at radius 2 is 2.14 bits per heavy atom. The highest BCUT2D eigenvalue weighted by Gasteiger charge is 2.24. The van der Waals surface area contributed by atoms with Crippen molar-refractivity contribution in [3.05, 3.63) is 11.8 Å². The third-order valence-corrected chi connectivity index (χ3v) is 3.32. The number of hydrogen-bond donors (Lipinski definition) is 1. The lowest BCUT2D eigenvalue weighted by atomic mass is 9.86. The second-order valence-electron chi connectivity index (χ2n) is 4.48. The summed E-state index contributed by atoms with van der Waals surface area (Å²) >= 11 is 0. The van der Waals surface area contributed by atoms with Crippen LogP contribution in [0.15, 0.2) is 6.07 Å². The molecule has 1 aromatic rings. The maximum Gasteiger partial charge on any atom is 0.145 e. The van der Waals surface area contributed by atoms with Crippen LogP contribution in [0.4, 0.5) is 5.82 Å². The first-order chi connectivity index (χ1) is 6.68. The van der Waals surface area contributed by atoms with Crippen LogP contribution in [0.3, 0.4) is 0 Å². The van der Waals surface area contributed by atoms with E-state index in [4.69, 9.17) is 5.73 Å². The van der Waals surface area contributed by atoms with Crippen LogP contribution in [0.25, 0.3) is 0 Å². The predicted molar refractivity (Wildman–Crippen MR) is 58.0 cm³/mol. The van der Waals surface area contributed by atoms with E-state index in [1.165, 1.54) is 31.4 Å². The molecule has 0 spiro atoms. The average Bonchev–Trinajstić information content (AvgIpc) is 2.46. The molecule has 2 unspecified atom stereocenters. The van der Waals surface area contributed by atoms with Gasteiger partial charge < -0.3 is 5.73 Å². The smallest absolute Gasteiger partial charge is 0.145 e. The minimum Gasteiger partial charge on any atom is -0.382 e. The summed E-state index contributed by atoms with van der Waals surface area (Å²) in [6.45, 7) is 4.41. The van der Waals surface area contributed by atoms with Gasteiger partial charge in [-0.15, -0.1) is 0 Å².